The van der Waals surface area contributed by atoms with Crippen LogP contribution in [-0.2, 0) is 27.4 Å². The van der Waals surface area contributed by atoms with E-state index in [-0.39, 0.29) is 25.6 Å². The van der Waals surface area contributed by atoms with E-state index >= 15 is 0 Å². The minimum Gasteiger partial charge on any atom is -0.480 e. The van der Waals surface area contributed by atoms with Gasteiger partial charge in [0.15, 0.2) is 0 Å². The molecule has 0 radical (unpaired) electrons. The average Bonchev–Trinajstić information content (AvgIpc) is 3.38. The van der Waals surface area contributed by atoms with Crippen molar-refractivity contribution in [2.75, 3.05) is 20.2 Å². The first-order valence-electron chi connectivity index (χ1n) is 10.4. The first kappa shape index (κ1) is 22.0. The van der Waals surface area contributed by atoms with E-state index in [2.05, 4.69) is 39.9 Å². The van der Waals surface area contributed by atoms with Crippen LogP contribution in [0.5, 0.6) is 0 Å². The Balaban J connectivity index is 1.29. The smallest absolute Gasteiger partial charge is 0.407 e. The highest BCUT2D eigenvalue weighted by Gasteiger charge is 2.29. The number of nitrogens with one attached hydrogen (secondary N) is 1. The summed E-state index contributed by atoms with van der Waals surface area (Å²) in [5, 5.41) is 19.1. The number of carbonyl (C=O) groups is 3. The number of nitrogens with zero attached hydrogens (tertiary/aromatic N) is 4. The summed E-state index contributed by atoms with van der Waals surface area (Å²) in [5.41, 5.74) is 5.01. The van der Waals surface area contributed by atoms with Crippen LogP contribution in [0.2, 0.25) is 0 Å². The fraction of sp³-hybridized carbons (Fsp3) is 0.261. The third-order valence-electron chi connectivity index (χ3n) is 5.44. The van der Waals surface area contributed by atoms with Crippen molar-refractivity contribution in [2.45, 2.75) is 19.0 Å². The van der Waals surface area contributed by atoms with Crippen molar-refractivity contribution >= 4 is 18.0 Å². The Labute approximate surface area is 189 Å². The van der Waals surface area contributed by atoms with E-state index in [1.807, 2.05) is 24.3 Å². The van der Waals surface area contributed by atoms with Crippen LogP contribution in [0.1, 0.15) is 22.7 Å². The van der Waals surface area contributed by atoms with Gasteiger partial charge in [-0.05, 0) is 22.3 Å². The van der Waals surface area contributed by atoms with Crippen molar-refractivity contribution in [2.24, 2.45) is 0 Å². The van der Waals surface area contributed by atoms with Gasteiger partial charge in [-0.3, -0.25) is 9.59 Å². The first-order valence-corrected chi connectivity index (χ1v) is 10.4. The maximum Gasteiger partial charge on any atom is 0.407 e. The zero-order valence-corrected chi connectivity index (χ0v) is 18.0. The monoisotopic (exact) mass is 449 g/mol. The molecular formula is C23H23N5O5. The third-order valence-corrected chi connectivity index (χ3v) is 5.44. The summed E-state index contributed by atoms with van der Waals surface area (Å²) in [6.07, 6.45) is 0.930. The van der Waals surface area contributed by atoms with Crippen molar-refractivity contribution in [1.29, 1.82) is 0 Å². The minimum atomic E-state index is -1.10. The molecule has 33 heavy (non-hydrogen) atoms. The minimum absolute atomic E-state index is 0.0298. The summed E-state index contributed by atoms with van der Waals surface area (Å²) in [6.45, 7) is -0.266. The Morgan fingerprint density at radius 3 is 2.36 bits per heavy atom. The van der Waals surface area contributed by atoms with Crippen molar-refractivity contribution in [3.8, 4) is 11.1 Å². The molecule has 0 saturated carbocycles. The van der Waals surface area contributed by atoms with E-state index in [9.17, 15) is 14.4 Å². The van der Waals surface area contributed by atoms with Crippen LogP contribution in [-0.4, -0.2) is 63.2 Å². The fourth-order valence-electron chi connectivity index (χ4n) is 3.86. The number of rotatable bonds is 8. The Hall–Kier alpha value is -4.21. The van der Waals surface area contributed by atoms with Gasteiger partial charge in [-0.2, -0.15) is 0 Å². The summed E-state index contributed by atoms with van der Waals surface area (Å²) in [7, 11) is 1.40. The quantitative estimate of drug-likeness (QED) is 0.537. The number of hydrogen-bond acceptors (Lipinski definition) is 6. The molecule has 0 unspecified atom stereocenters. The number of carboxylic acids is 1. The summed E-state index contributed by atoms with van der Waals surface area (Å²) in [6, 6.07) is 16.2. The highest BCUT2D eigenvalue weighted by Crippen LogP contribution is 2.44. The number of likely N-dealkylation sites (N-methyl/N-ethyl adjacent to an activating group) is 1. The van der Waals surface area contributed by atoms with Crippen LogP contribution in [0.25, 0.3) is 11.1 Å². The van der Waals surface area contributed by atoms with E-state index < -0.39 is 24.5 Å². The Morgan fingerprint density at radius 1 is 1.09 bits per heavy atom. The van der Waals surface area contributed by atoms with Gasteiger partial charge in [0, 0.05) is 13.0 Å². The van der Waals surface area contributed by atoms with Gasteiger partial charge in [0.05, 0.1) is 12.7 Å². The van der Waals surface area contributed by atoms with Gasteiger partial charge in [-0.15, -0.1) is 5.10 Å². The van der Waals surface area contributed by atoms with Gasteiger partial charge in [-0.25, -0.2) is 9.48 Å². The van der Waals surface area contributed by atoms with Crippen molar-refractivity contribution < 1.29 is 24.2 Å². The third kappa shape index (κ3) is 5.00. The Bertz CT molecular complexity index is 1150. The number of carbonyl (C=O) groups excluding carboxylic acids is 2. The van der Waals surface area contributed by atoms with Crippen LogP contribution >= 0.6 is 0 Å². The van der Waals surface area contributed by atoms with Gasteiger partial charge in [0.2, 0.25) is 5.91 Å². The topological polar surface area (TPSA) is 127 Å². The van der Waals surface area contributed by atoms with Crippen molar-refractivity contribution in [1.82, 2.24) is 25.2 Å². The van der Waals surface area contributed by atoms with E-state index in [0.29, 0.717) is 5.69 Å². The molecule has 170 valence electrons. The molecule has 1 aliphatic carbocycles. The largest absolute Gasteiger partial charge is 0.480 e. The lowest BCUT2D eigenvalue weighted by atomic mass is 9.98. The van der Waals surface area contributed by atoms with Crippen LogP contribution in [0.3, 0.4) is 0 Å². The van der Waals surface area contributed by atoms with E-state index in [0.717, 1.165) is 27.2 Å². The molecule has 10 nitrogen and oxygen atoms in total. The van der Waals surface area contributed by atoms with Crippen molar-refractivity contribution in [3.05, 3.63) is 71.5 Å². The number of ether oxygens (including phenoxy) is 1. The molecule has 2 aromatic carbocycles. The zero-order valence-electron chi connectivity index (χ0n) is 18.0. The van der Waals surface area contributed by atoms with E-state index in [4.69, 9.17) is 9.84 Å². The highest BCUT2D eigenvalue weighted by atomic mass is 16.5. The summed E-state index contributed by atoms with van der Waals surface area (Å²) < 4.78 is 6.77. The molecule has 0 saturated heterocycles. The molecule has 0 bridgehead atoms. The lowest BCUT2D eigenvalue weighted by Gasteiger charge is -2.14. The average molecular weight is 449 g/mol. The van der Waals surface area contributed by atoms with Crippen LogP contribution in [0, 0.1) is 0 Å². The second-order valence-corrected chi connectivity index (χ2v) is 7.73. The van der Waals surface area contributed by atoms with Gasteiger partial charge >= 0.3 is 12.1 Å². The number of fused-ring (bicyclic) bond motifs is 3. The van der Waals surface area contributed by atoms with E-state index in [1.165, 1.54) is 17.9 Å². The van der Waals surface area contributed by atoms with Crippen LogP contribution in [0.15, 0.2) is 54.7 Å². The predicted molar refractivity (Wildman–Crippen MR) is 117 cm³/mol. The van der Waals surface area contributed by atoms with E-state index in [1.54, 1.807) is 0 Å². The van der Waals surface area contributed by atoms with Gasteiger partial charge in [0.1, 0.15) is 25.4 Å². The van der Waals surface area contributed by atoms with Crippen LogP contribution < -0.4 is 5.32 Å². The van der Waals surface area contributed by atoms with Gasteiger partial charge in [0.25, 0.3) is 0 Å². The number of alkyl carbamates (subject to hydrolysis) is 1. The second-order valence-electron chi connectivity index (χ2n) is 7.73. The fourth-order valence-corrected chi connectivity index (χ4v) is 3.86. The van der Waals surface area contributed by atoms with Gasteiger partial charge in [-0.1, -0.05) is 53.7 Å². The summed E-state index contributed by atoms with van der Waals surface area (Å²) in [5.74, 6) is -1.55. The Kier molecular flexibility index (Phi) is 6.34. The zero-order chi connectivity index (χ0) is 23.4. The van der Waals surface area contributed by atoms with Crippen molar-refractivity contribution in [3.63, 3.8) is 0 Å². The molecule has 0 atom stereocenters. The molecule has 4 rings (SSSR count). The molecule has 0 fully saturated rings. The Morgan fingerprint density at radius 2 is 1.73 bits per heavy atom. The molecular weight excluding hydrogens is 426 g/mol. The lowest BCUT2D eigenvalue weighted by Crippen LogP contribution is -2.34. The number of aromatic nitrogens is 3. The summed E-state index contributed by atoms with van der Waals surface area (Å²) >= 11 is 0. The number of hydrogen-bond donors (Lipinski definition) is 2. The molecule has 10 heteroatoms. The molecule has 1 heterocycles. The number of aliphatic carboxylic acids is 1. The highest BCUT2D eigenvalue weighted by molar-refractivity contribution is 5.81. The molecule has 0 spiro atoms. The normalized spacial score (nSPS) is 12.0. The second kappa shape index (κ2) is 9.51. The SMILES string of the molecule is CN(CC(=O)O)C(=O)Cn1cc(CNC(=O)OCC2c3ccccc3-c3ccccc32)nn1. The van der Waals surface area contributed by atoms with Crippen LogP contribution in [0.4, 0.5) is 4.79 Å². The maximum atomic E-state index is 12.3. The standard InChI is InChI=1S/C23H23N5O5/c1-27(13-22(30)31)21(29)12-28-11-15(25-26-28)10-24-23(32)33-14-20-18-8-4-2-6-16(18)17-7-3-5-9-19(17)20/h2-9,11,20H,10,12-14H2,1H3,(H,24,32)(H,30,31). The molecule has 2 amide bonds. The predicted octanol–water partition coefficient (Wildman–Crippen LogP) is 1.86. The molecule has 2 N–H and O–H groups in total. The maximum absolute atomic E-state index is 12.3. The number of amides is 2. The lowest BCUT2D eigenvalue weighted by molar-refractivity contribution is -0.143. The molecule has 1 aromatic heterocycles. The van der Waals surface area contributed by atoms with Gasteiger partial charge < -0.3 is 20.1 Å². The first-order chi connectivity index (χ1) is 15.9. The summed E-state index contributed by atoms with van der Waals surface area (Å²) in [4.78, 5) is 36.0. The molecule has 0 aliphatic heterocycles. The molecule has 3 aromatic rings. The number of carboxylic acid groups (broad SMARTS) is 1. The number of benzene rings is 2. The molecule has 1 aliphatic rings.